The van der Waals surface area contributed by atoms with E-state index in [1.54, 1.807) is 7.11 Å². The van der Waals surface area contributed by atoms with Crippen molar-refractivity contribution < 1.29 is 4.74 Å². The van der Waals surface area contributed by atoms with Crippen LogP contribution < -0.4 is 20.7 Å². The standard InChI is InChI=1S/C22H29N5O/c1-16-5-9-18(10-6-16)27-20(23)15-21(26(2)3)25-22(27)24-14-13-17-7-11-19(28-4)12-8-17/h5-12,15,20H,13-14,23H2,1-4H3,(H,24,25). The van der Waals surface area contributed by atoms with Crippen LogP contribution in [0.25, 0.3) is 0 Å². The summed E-state index contributed by atoms with van der Waals surface area (Å²) in [4.78, 5) is 8.79. The van der Waals surface area contributed by atoms with Crippen molar-refractivity contribution in [3.63, 3.8) is 0 Å². The number of guanidine groups is 1. The molecule has 0 aromatic heterocycles. The molecule has 6 nitrogen and oxygen atoms in total. The Bertz CT molecular complexity index is 840. The molecule has 148 valence electrons. The van der Waals surface area contributed by atoms with Gasteiger partial charge in [0, 0.05) is 26.3 Å². The number of aryl methyl sites for hydroxylation is 1. The molecule has 3 rings (SSSR count). The molecule has 6 heteroatoms. The molecule has 3 N–H and O–H groups in total. The van der Waals surface area contributed by atoms with Crippen LogP contribution in [0.5, 0.6) is 5.75 Å². The molecular formula is C22H29N5O. The Hall–Kier alpha value is -2.99. The smallest absolute Gasteiger partial charge is 0.206 e. The zero-order valence-corrected chi connectivity index (χ0v) is 17.0. The largest absolute Gasteiger partial charge is 0.497 e. The molecule has 0 saturated heterocycles. The molecule has 1 aliphatic rings. The minimum absolute atomic E-state index is 0.291. The SMILES string of the molecule is COc1ccc(CCNC2=NC(N(C)C)=CC(N)N2c2ccc(C)cc2)cc1. The van der Waals surface area contributed by atoms with Gasteiger partial charge in [-0.25, -0.2) is 0 Å². The van der Waals surface area contributed by atoms with E-state index in [0.717, 1.165) is 36.2 Å². The van der Waals surface area contributed by atoms with Crippen molar-refractivity contribution in [2.75, 3.05) is 32.6 Å². The first-order valence-electron chi connectivity index (χ1n) is 9.44. The Morgan fingerprint density at radius 1 is 1.11 bits per heavy atom. The zero-order chi connectivity index (χ0) is 20.1. The molecule has 2 aromatic carbocycles. The fourth-order valence-electron chi connectivity index (χ4n) is 3.05. The van der Waals surface area contributed by atoms with Crippen LogP contribution in [0.4, 0.5) is 5.69 Å². The van der Waals surface area contributed by atoms with Gasteiger partial charge in [0.25, 0.3) is 0 Å². The molecule has 0 radical (unpaired) electrons. The molecule has 0 amide bonds. The number of nitrogens with one attached hydrogen (secondary N) is 1. The number of nitrogens with two attached hydrogens (primary N) is 1. The fourth-order valence-corrected chi connectivity index (χ4v) is 3.05. The van der Waals surface area contributed by atoms with Crippen molar-refractivity contribution in [3.8, 4) is 5.75 Å². The van der Waals surface area contributed by atoms with Gasteiger partial charge in [-0.15, -0.1) is 0 Å². The van der Waals surface area contributed by atoms with E-state index in [0.29, 0.717) is 0 Å². The van der Waals surface area contributed by atoms with Gasteiger partial charge in [0.15, 0.2) is 0 Å². The normalized spacial score (nSPS) is 16.3. The fraction of sp³-hybridized carbons (Fsp3) is 0.318. The Morgan fingerprint density at radius 3 is 2.39 bits per heavy atom. The zero-order valence-electron chi connectivity index (χ0n) is 17.0. The summed E-state index contributed by atoms with van der Waals surface area (Å²) in [7, 11) is 5.62. The van der Waals surface area contributed by atoms with E-state index in [4.69, 9.17) is 15.5 Å². The third-order valence-corrected chi connectivity index (χ3v) is 4.69. The molecule has 0 bridgehead atoms. The molecule has 1 aliphatic heterocycles. The molecular weight excluding hydrogens is 350 g/mol. The lowest BCUT2D eigenvalue weighted by atomic mass is 10.1. The molecule has 1 heterocycles. The minimum atomic E-state index is -0.291. The van der Waals surface area contributed by atoms with Crippen molar-refractivity contribution in [3.05, 3.63) is 71.6 Å². The Labute approximate surface area is 167 Å². The van der Waals surface area contributed by atoms with Crippen molar-refractivity contribution in [2.24, 2.45) is 10.7 Å². The number of nitrogens with zero attached hydrogens (tertiary/aromatic N) is 3. The molecule has 1 atom stereocenters. The van der Waals surface area contributed by atoms with Crippen LogP contribution in [-0.2, 0) is 6.42 Å². The number of rotatable bonds is 6. The molecule has 28 heavy (non-hydrogen) atoms. The van der Waals surface area contributed by atoms with Crippen molar-refractivity contribution in [1.82, 2.24) is 10.2 Å². The highest BCUT2D eigenvalue weighted by atomic mass is 16.5. The van der Waals surface area contributed by atoms with Gasteiger partial charge in [0.2, 0.25) is 5.96 Å². The van der Waals surface area contributed by atoms with Crippen LogP contribution in [-0.4, -0.2) is 44.8 Å². The molecule has 0 fully saturated rings. The van der Waals surface area contributed by atoms with Gasteiger partial charge >= 0.3 is 0 Å². The number of benzene rings is 2. The van der Waals surface area contributed by atoms with Crippen LogP contribution in [0, 0.1) is 6.92 Å². The van der Waals surface area contributed by atoms with E-state index in [9.17, 15) is 0 Å². The molecule has 0 saturated carbocycles. The molecule has 0 spiro atoms. The van der Waals surface area contributed by atoms with Gasteiger partial charge < -0.3 is 20.7 Å². The van der Waals surface area contributed by atoms with E-state index < -0.39 is 0 Å². The quantitative estimate of drug-likeness (QED) is 0.808. The first kappa shape index (κ1) is 19.8. The summed E-state index contributed by atoms with van der Waals surface area (Å²) in [5.74, 6) is 2.48. The summed E-state index contributed by atoms with van der Waals surface area (Å²) >= 11 is 0. The van der Waals surface area contributed by atoms with Gasteiger partial charge in [0.05, 0.1) is 7.11 Å². The van der Waals surface area contributed by atoms with E-state index in [1.165, 1.54) is 11.1 Å². The van der Waals surface area contributed by atoms with Gasteiger partial charge in [-0.2, -0.15) is 4.99 Å². The van der Waals surface area contributed by atoms with Crippen molar-refractivity contribution >= 4 is 11.6 Å². The van der Waals surface area contributed by atoms with Crippen LogP contribution in [0.3, 0.4) is 0 Å². The summed E-state index contributed by atoms with van der Waals surface area (Å²) in [6.07, 6.45) is 2.55. The van der Waals surface area contributed by atoms with E-state index >= 15 is 0 Å². The van der Waals surface area contributed by atoms with Crippen molar-refractivity contribution in [1.29, 1.82) is 0 Å². The Kier molecular flexibility index (Phi) is 6.21. The van der Waals surface area contributed by atoms with Gasteiger partial charge in [-0.3, -0.25) is 4.90 Å². The average Bonchev–Trinajstić information content (AvgIpc) is 2.69. The first-order valence-corrected chi connectivity index (χ1v) is 9.44. The summed E-state index contributed by atoms with van der Waals surface area (Å²) in [5.41, 5.74) is 9.94. The molecule has 0 aliphatic carbocycles. The second-order valence-corrected chi connectivity index (χ2v) is 7.08. The number of aliphatic imine (C=N–C) groups is 1. The third-order valence-electron chi connectivity index (χ3n) is 4.69. The predicted molar refractivity (Wildman–Crippen MR) is 116 cm³/mol. The summed E-state index contributed by atoms with van der Waals surface area (Å²) in [5, 5.41) is 3.47. The lowest BCUT2D eigenvalue weighted by molar-refractivity contribution is 0.414. The number of hydrogen-bond acceptors (Lipinski definition) is 6. The monoisotopic (exact) mass is 379 g/mol. The number of ether oxygens (including phenoxy) is 1. The topological polar surface area (TPSA) is 66.1 Å². The molecule has 2 aromatic rings. The summed E-state index contributed by atoms with van der Waals surface area (Å²) in [6.45, 7) is 2.83. The van der Waals surface area contributed by atoms with E-state index in [1.807, 2.05) is 42.1 Å². The highest BCUT2D eigenvalue weighted by molar-refractivity contribution is 5.98. The molecule has 1 unspecified atom stereocenters. The van der Waals surface area contributed by atoms with Crippen molar-refractivity contribution in [2.45, 2.75) is 19.5 Å². The maximum absolute atomic E-state index is 6.47. The van der Waals surface area contributed by atoms with Gasteiger partial charge in [-0.1, -0.05) is 29.8 Å². The first-order chi connectivity index (χ1) is 13.5. The second kappa shape index (κ2) is 8.80. The lowest BCUT2D eigenvalue weighted by Crippen LogP contribution is -2.53. The maximum Gasteiger partial charge on any atom is 0.206 e. The van der Waals surface area contributed by atoms with Crippen LogP contribution >= 0.6 is 0 Å². The number of methoxy groups -OCH3 is 1. The van der Waals surface area contributed by atoms with Gasteiger partial charge in [-0.05, 0) is 49.2 Å². The lowest BCUT2D eigenvalue weighted by Gasteiger charge is -2.35. The van der Waals surface area contributed by atoms with Crippen LogP contribution in [0.15, 0.2) is 65.4 Å². The van der Waals surface area contributed by atoms with Crippen LogP contribution in [0.2, 0.25) is 0 Å². The Balaban J connectivity index is 1.76. The van der Waals surface area contributed by atoms with Crippen LogP contribution in [0.1, 0.15) is 11.1 Å². The van der Waals surface area contributed by atoms with E-state index in [2.05, 4.69) is 48.6 Å². The highest BCUT2D eigenvalue weighted by Gasteiger charge is 2.24. The second-order valence-electron chi connectivity index (χ2n) is 7.08. The van der Waals surface area contributed by atoms with E-state index in [-0.39, 0.29) is 6.17 Å². The summed E-state index contributed by atoms with van der Waals surface area (Å²) < 4.78 is 5.22. The number of anilines is 1. The average molecular weight is 380 g/mol. The summed E-state index contributed by atoms with van der Waals surface area (Å²) in [6, 6.07) is 16.4. The third kappa shape index (κ3) is 4.64. The Morgan fingerprint density at radius 2 is 1.79 bits per heavy atom. The number of hydrogen-bond donors (Lipinski definition) is 2. The predicted octanol–water partition coefficient (Wildman–Crippen LogP) is 2.70. The van der Waals surface area contributed by atoms with Gasteiger partial charge in [0.1, 0.15) is 17.7 Å². The minimum Gasteiger partial charge on any atom is -0.497 e. The maximum atomic E-state index is 6.47. The highest BCUT2D eigenvalue weighted by Crippen LogP contribution is 2.22.